The summed E-state index contributed by atoms with van der Waals surface area (Å²) in [6.07, 6.45) is 1.64. The molecule has 0 unspecified atom stereocenters. The number of carbonyl (C=O) groups is 1. The first-order valence-corrected chi connectivity index (χ1v) is 11.6. The van der Waals surface area contributed by atoms with Gasteiger partial charge in [-0.1, -0.05) is 6.92 Å². The smallest absolute Gasteiger partial charge is 0.300 e. The summed E-state index contributed by atoms with van der Waals surface area (Å²) >= 11 is 0. The second-order valence-corrected chi connectivity index (χ2v) is 8.70. The minimum atomic E-state index is -3.64. The minimum absolute atomic E-state index is 0.190. The van der Waals surface area contributed by atoms with Crippen molar-refractivity contribution in [1.82, 2.24) is 30.1 Å². The summed E-state index contributed by atoms with van der Waals surface area (Å²) in [6, 6.07) is 5.38. The van der Waals surface area contributed by atoms with Gasteiger partial charge in [0.1, 0.15) is 5.69 Å². The molecule has 168 valence electrons. The number of hydrogen-bond donors (Lipinski definition) is 3. The van der Waals surface area contributed by atoms with Crippen LogP contribution < -0.4 is 19.7 Å². The Morgan fingerprint density at radius 3 is 2.58 bits per heavy atom. The molecule has 0 atom stereocenters. The summed E-state index contributed by atoms with van der Waals surface area (Å²) < 4.78 is 28.4. The molecule has 0 aromatic carbocycles. The molecule has 1 fully saturated rings. The highest BCUT2D eigenvalue weighted by Gasteiger charge is 2.20. The summed E-state index contributed by atoms with van der Waals surface area (Å²) in [5, 5.41) is 10.3. The van der Waals surface area contributed by atoms with E-state index in [1.807, 2.05) is 13.0 Å². The first-order valence-electron chi connectivity index (χ1n) is 10.1. The van der Waals surface area contributed by atoms with Crippen LogP contribution in [-0.4, -0.2) is 74.2 Å². The van der Waals surface area contributed by atoms with Crippen molar-refractivity contribution in [3.05, 3.63) is 41.3 Å². The molecule has 0 aliphatic carbocycles. The van der Waals surface area contributed by atoms with Crippen LogP contribution in [0.15, 0.2) is 24.4 Å². The maximum absolute atomic E-state index is 11.8. The maximum Gasteiger partial charge on any atom is 0.300 e. The quantitative estimate of drug-likeness (QED) is 0.519. The molecule has 31 heavy (non-hydrogen) atoms. The van der Waals surface area contributed by atoms with Gasteiger partial charge in [0.2, 0.25) is 0 Å². The molecule has 1 aliphatic heterocycles. The van der Waals surface area contributed by atoms with E-state index in [0.29, 0.717) is 12.2 Å². The fourth-order valence-electron chi connectivity index (χ4n) is 3.45. The van der Waals surface area contributed by atoms with Crippen molar-refractivity contribution in [2.75, 3.05) is 49.4 Å². The van der Waals surface area contributed by atoms with E-state index < -0.39 is 10.2 Å². The zero-order chi connectivity index (χ0) is 22.4. The van der Waals surface area contributed by atoms with Gasteiger partial charge in [-0.2, -0.15) is 18.2 Å². The molecule has 2 aromatic rings. The van der Waals surface area contributed by atoms with Crippen LogP contribution in [0.1, 0.15) is 28.7 Å². The van der Waals surface area contributed by atoms with Crippen molar-refractivity contribution in [3.8, 4) is 0 Å². The maximum atomic E-state index is 11.8. The molecule has 3 rings (SSSR count). The van der Waals surface area contributed by atoms with Gasteiger partial charge in [-0.25, -0.2) is 4.98 Å². The number of anilines is 2. The Hall–Kier alpha value is -2.83. The van der Waals surface area contributed by atoms with Crippen LogP contribution in [0.25, 0.3) is 0 Å². The third kappa shape index (κ3) is 6.09. The zero-order valence-electron chi connectivity index (χ0n) is 17.9. The molecule has 0 bridgehead atoms. The lowest BCUT2D eigenvalue weighted by Crippen LogP contribution is -2.46. The number of aryl methyl sites for hydroxylation is 1. The van der Waals surface area contributed by atoms with Crippen LogP contribution in [0.4, 0.5) is 11.5 Å². The predicted octanol–water partition coefficient (Wildman–Crippen LogP) is 0.128. The molecule has 3 N–H and O–H groups in total. The number of rotatable bonds is 8. The van der Waals surface area contributed by atoms with Crippen molar-refractivity contribution < 1.29 is 13.2 Å². The van der Waals surface area contributed by atoms with Gasteiger partial charge in [0.15, 0.2) is 5.82 Å². The molecule has 0 spiro atoms. The Morgan fingerprint density at radius 2 is 1.94 bits per heavy atom. The number of nitrogens with zero attached hydrogens (tertiary/aromatic N) is 5. The van der Waals surface area contributed by atoms with Crippen LogP contribution in [-0.2, 0) is 16.8 Å². The topological polar surface area (TPSA) is 132 Å². The lowest BCUT2D eigenvalue weighted by molar-refractivity contribution is 0.0958. The molecule has 12 heteroatoms. The first kappa shape index (κ1) is 22.8. The van der Waals surface area contributed by atoms with Crippen molar-refractivity contribution >= 4 is 27.6 Å². The van der Waals surface area contributed by atoms with Crippen LogP contribution in [0, 0.1) is 6.92 Å². The zero-order valence-corrected chi connectivity index (χ0v) is 18.7. The van der Waals surface area contributed by atoms with Gasteiger partial charge in [0, 0.05) is 46.3 Å². The normalized spacial score (nSPS) is 15.0. The van der Waals surface area contributed by atoms with Gasteiger partial charge in [-0.3, -0.25) is 14.4 Å². The van der Waals surface area contributed by atoms with E-state index in [4.69, 9.17) is 0 Å². The number of aromatic nitrogens is 3. The average molecular weight is 449 g/mol. The number of nitrogens with one attached hydrogen (secondary N) is 3. The standard InChI is InChI=1S/C19H28N8O3S/c1-4-22-31(29,30)25-18-11-15(12-21-24-18)13-26-7-9-27(10-8-26)17-6-5-16(19(28)20-3)23-14(17)2/h5-6,11-12,22H,4,7-10,13H2,1-3H3,(H,20,28)(H,24,25). The Morgan fingerprint density at radius 1 is 1.19 bits per heavy atom. The van der Waals surface area contributed by atoms with Crippen LogP contribution in [0.3, 0.4) is 0 Å². The van der Waals surface area contributed by atoms with E-state index in [0.717, 1.165) is 43.1 Å². The molecule has 1 aliphatic rings. The Kier molecular flexibility index (Phi) is 7.36. The van der Waals surface area contributed by atoms with E-state index in [1.54, 1.807) is 32.3 Å². The first-order chi connectivity index (χ1) is 14.8. The SMILES string of the molecule is CCNS(=O)(=O)Nc1cc(CN2CCN(c3ccc(C(=O)NC)nc3C)CC2)cnn1. The summed E-state index contributed by atoms with van der Waals surface area (Å²) in [6.45, 7) is 7.85. The van der Waals surface area contributed by atoms with Gasteiger partial charge in [0.25, 0.3) is 16.1 Å². The van der Waals surface area contributed by atoms with Crippen LogP contribution in [0.2, 0.25) is 0 Å². The molecule has 3 heterocycles. The highest BCUT2D eigenvalue weighted by Crippen LogP contribution is 2.21. The predicted molar refractivity (Wildman–Crippen MR) is 118 cm³/mol. The third-order valence-corrected chi connectivity index (χ3v) is 6.07. The summed E-state index contributed by atoms with van der Waals surface area (Å²) in [7, 11) is -2.05. The molecular weight excluding hydrogens is 420 g/mol. The number of piperazine rings is 1. The Bertz CT molecular complexity index is 1020. The lowest BCUT2D eigenvalue weighted by atomic mass is 10.2. The lowest BCUT2D eigenvalue weighted by Gasteiger charge is -2.36. The van der Waals surface area contributed by atoms with Crippen molar-refractivity contribution in [1.29, 1.82) is 0 Å². The van der Waals surface area contributed by atoms with E-state index in [2.05, 4.69) is 39.7 Å². The van der Waals surface area contributed by atoms with Gasteiger partial charge in [-0.15, -0.1) is 5.10 Å². The monoisotopic (exact) mass is 448 g/mol. The average Bonchev–Trinajstić information content (AvgIpc) is 2.73. The van der Waals surface area contributed by atoms with Gasteiger partial charge >= 0.3 is 0 Å². The highest BCUT2D eigenvalue weighted by molar-refractivity contribution is 7.90. The van der Waals surface area contributed by atoms with Crippen LogP contribution >= 0.6 is 0 Å². The summed E-state index contributed by atoms with van der Waals surface area (Å²) in [5.74, 6) is -0.00689. The van der Waals surface area contributed by atoms with Gasteiger partial charge < -0.3 is 10.2 Å². The van der Waals surface area contributed by atoms with Crippen molar-refractivity contribution in [2.24, 2.45) is 0 Å². The highest BCUT2D eigenvalue weighted by atomic mass is 32.2. The molecule has 0 radical (unpaired) electrons. The largest absolute Gasteiger partial charge is 0.368 e. The summed E-state index contributed by atoms with van der Waals surface area (Å²) in [5.41, 5.74) is 3.14. The Labute approximate surface area is 182 Å². The molecule has 1 saturated heterocycles. The molecule has 1 amide bonds. The number of amides is 1. The Balaban J connectivity index is 1.58. The van der Waals surface area contributed by atoms with Crippen molar-refractivity contribution in [3.63, 3.8) is 0 Å². The summed E-state index contributed by atoms with van der Waals surface area (Å²) in [4.78, 5) is 20.7. The van der Waals surface area contributed by atoms with E-state index in [9.17, 15) is 13.2 Å². The van der Waals surface area contributed by atoms with E-state index >= 15 is 0 Å². The van der Waals surface area contributed by atoms with Gasteiger partial charge in [0.05, 0.1) is 17.6 Å². The van der Waals surface area contributed by atoms with Gasteiger partial charge in [-0.05, 0) is 30.7 Å². The van der Waals surface area contributed by atoms with E-state index in [1.165, 1.54) is 0 Å². The molecule has 2 aromatic heterocycles. The van der Waals surface area contributed by atoms with E-state index in [-0.39, 0.29) is 18.3 Å². The molecule has 11 nitrogen and oxygen atoms in total. The second kappa shape index (κ2) is 9.98. The number of pyridine rings is 1. The second-order valence-electron chi connectivity index (χ2n) is 7.20. The van der Waals surface area contributed by atoms with Crippen LogP contribution in [0.5, 0.6) is 0 Å². The molecular formula is C19H28N8O3S. The third-order valence-electron chi connectivity index (χ3n) is 4.92. The number of carbonyl (C=O) groups excluding carboxylic acids is 1. The molecule has 0 saturated carbocycles. The van der Waals surface area contributed by atoms with Crippen molar-refractivity contribution in [2.45, 2.75) is 20.4 Å². The number of hydrogen-bond acceptors (Lipinski definition) is 8. The fourth-order valence-corrected chi connectivity index (χ4v) is 4.28. The fraction of sp³-hybridized carbons (Fsp3) is 0.474. The minimum Gasteiger partial charge on any atom is -0.368 e.